The fourth-order valence-electron chi connectivity index (χ4n) is 3.59. The summed E-state index contributed by atoms with van der Waals surface area (Å²) in [5.41, 5.74) is 0.507. The van der Waals surface area contributed by atoms with Crippen LogP contribution in [0.15, 0.2) is 11.1 Å². The molecule has 9 heteroatoms. The molecular weight excluding hydrogens is 332 g/mol. The molecule has 0 aromatic carbocycles. The largest absolute Gasteiger partial charge is 0.391 e. The Morgan fingerprint density at radius 1 is 1.21 bits per heavy atom. The Balaban J connectivity index is 1.75. The maximum absolute atomic E-state index is 12.9. The molecule has 1 aromatic heterocycles. The highest BCUT2D eigenvalue weighted by molar-refractivity contribution is 7.89. The molecule has 1 aromatic rings. The lowest BCUT2D eigenvalue weighted by Crippen LogP contribution is -2.49. The zero-order valence-corrected chi connectivity index (χ0v) is 15.1. The van der Waals surface area contributed by atoms with Gasteiger partial charge in [-0.15, -0.1) is 0 Å². The summed E-state index contributed by atoms with van der Waals surface area (Å²) in [4.78, 5) is 2.48. The highest BCUT2D eigenvalue weighted by atomic mass is 32.2. The number of aliphatic hydroxyl groups is 1. The van der Waals surface area contributed by atoms with Gasteiger partial charge in [0.1, 0.15) is 4.90 Å². The Kier molecular flexibility index (Phi) is 5.26. The van der Waals surface area contributed by atoms with E-state index in [2.05, 4.69) is 10.00 Å². The number of hydrogen-bond donors (Lipinski definition) is 1. The van der Waals surface area contributed by atoms with E-state index in [1.54, 1.807) is 20.2 Å². The van der Waals surface area contributed by atoms with E-state index in [-0.39, 0.29) is 10.9 Å². The lowest BCUT2D eigenvalue weighted by atomic mass is 10.0. The van der Waals surface area contributed by atoms with Crippen molar-refractivity contribution in [2.24, 2.45) is 7.05 Å². The van der Waals surface area contributed by atoms with E-state index in [4.69, 9.17) is 4.74 Å². The molecule has 0 unspecified atom stereocenters. The monoisotopic (exact) mass is 358 g/mol. The maximum atomic E-state index is 12.9. The summed E-state index contributed by atoms with van der Waals surface area (Å²) in [6.07, 6.45) is 2.10. The van der Waals surface area contributed by atoms with Gasteiger partial charge < -0.3 is 9.84 Å². The Morgan fingerprint density at radius 2 is 1.88 bits per heavy atom. The van der Waals surface area contributed by atoms with Gasteiger partial charge in [0.25, 0.3) is 0 Å². The number of aliphatic hydroxyl groups excluding tert-OH is 1. The molecule has 0 radical (unpaired) electrons. The van der Waals surface area contributed by atoms with Crippen LogP contribution in [0.5, 0.6) is 0 Å². The third-order valence-corrected chi connectivity index (χ3v) is 6.90. The van der Waals surface area contributed by atoms with Gasteiger partial charge >= 0.3 is 0 Å². The zero-order chi connectivity index (χ0) is 17.3. The van der Waals surface area contributed by atoms with Crippen LogP contribution < -0.4 is 0 Å². The quantitative estimate of drug-likeness (QED) is 0.789. The molecule has 3 rings (SSSR count). The molecule has 0 spiro atoms. The Labute approximate surface area is 143 Å². The third kappa shape index (κ3) is 3.50. The average molecular weight is 358 g/mol. The first-order chi connectivity index (χ1) is 11.4. The highest BCUT2D eigenvalue weighted by Crippen LogP contribution is 2.24. The smallest absolute Gasteiger partial charge is 0.246 e. The summed E-state index contributed by atoms with van der Waals surface area (Å²) >= 11 is 0. The molecule has 0 aliphatic carbocycles. The molecular formula is C15H26N4O4S. The van der Waals surface area contributed by atoms with Crippen molar-refractivity contribution in [2.45, 2.75) is 36.8 Å². The lowest BCUT2D eigenvalue weighted by molar-refractivity contribution is -0.0222. The number of nitrogens with zero attached hydrogens (tertiary/aromatic N) is 4. The second kappa shape index (κ2) is 7.09. The fourth-order valence-corrected chi connectivity index (χ4v) is 5.26. The SMILES string of the molecule is Cc1nn(C)cc1S(=O)(=O)N1CC[C@H](O)[C@@H](N2CCOCC2)CC1. The van der Waals surface area contributed by atoms with Crippen LogP contribution in [0.25, 0.3) is 0 Å². The predicted molar refractivity (Wildman–Crippen MR) is 88.1 cm³/mol. The molecule has 2 aliphatic rings. The summed E-state index contributed by atoms with van der Waals surface area (Å²) < 4.78 is 34.2. The topological polar surface area (TPSA) is 87.9 Å². The number of aromatic nitrogens is 2. The number of sulfonamides is 1. The van der Waals surface area contributed by atoms with Crippen molar-refractivity contribution in [2.75, 3.05) is 39.4 Å². The molecule has 2 aliphatic heterocycles. The fraction of sp³-hybridized carbons (Fsp3) is 0.800. The number of hydrogen-bond acceptors (Lipinski definition) is 6. The number of ether oxygens (including phenoxy) is 1. The van der Waals surface area contributed by atoms with Crippen LogP contribution in [0, 0.1) is 6.92 Å². The highest BCUT2D eigenvalue weighted by Gasteiger charge is 2.35. The van der Waals surface area contributed by atoms with E-state index < -0.39 is 16.1 Å². The molecule has 0 saturated carbocycles. The molecule has 2 fully saturated rings. The normalized spacial score (nSPS) is 28.0. The van der Waals surface area contributed by atoms with Gasteiger partial charge in [0, 0.05) is 45.5 Å². The van der Waals surface area contributed by atoms with Crippen LogP contribution in [0.2, 0.25) is 0 Å². The lowest BCUT2D eigenvalue weighted by Gasteiger charge is -2.36. The minimum atomic E-state index is -3.58. The van der Waals surface area contributed by atoms with E-state index in [0.29, 0.717) is 44.8 Å². The van der Waals surface area contributed by atoms with Crippen molar-refractivity contribution in [1.29, 1.82) is 0 Å². The summed E-state index contributed by atoms with van der Waals surface area (Å²) in [5, 5.41) is 14.6. The molecule has 8 nitrogen and oxygen atoms in total. The van der Waals surface area contributed by atoms with Gasteiger partial charge in [-0.2, -0.15) is 9.40 Å². The van der Waals surface area contributed by atoms with Gasteiger partial charge in [-0.25, -0.2) is 8.42 Å². The molecule has 0 bridgehead atoms. The van der Waals surface area contributed by atoms with Crippen molar-refractivity contribution in [3.05, 3.63) is 11.9 Å². The van der Waals surface area contributed by atoms with Crippen molar-refractivity contribution in [3.63, 3.8) is 0 Å². The molecule has 24 heavy (non-hydrogen) atoms. The minimum absolute atomic E-state index is 0.0101. The number of rotatable bonds is 3. The zero-order valence-electron chi connectivity index (χ0n) is 14.3. The molecule has 3 heterocycles. The van der Waals surface area contributed by atoms with E-state index in [1.807, 2.05) is 0 Å². The second-order valence-corrected chi connectivity index (χ2v) is 8.42. The van der Waals surface area contributed by atoms with Gasteiger partial charge in [-0.3, -0.25) is 9.58 Å². The first-order valence-electron chi connectivity index (χ1n) is 8.40. The Morgan fingerprint density at radius 3 is 2.50 bits per heavy atom. The number of morpholine rings is 1. The average Bonchev–Trinajstić information content (AvgIpc) is 2.78. The van der Waals surface area contributed by atoms with Crippen molar-refractivity contribution in [3.8, 4) is 0 Å². The molecule has 0 amide bonds. The van der Waals surface area contributed by atoms with E-state index in [0.717, 1.165) is 13.1 Å². The van der Waals surface area contributed by atoms with Gasteiger partial charge in [0.2, 0.25) is 10.0 Å². The van der Waals surface area contributed by atoms with Gasteiger partial charge in [-0.05, 0) is 19.8 Å². The summed E-state index contributed by atoms with van der Waals surface area (Å²) in [7, 11) is -1.86. The molecule has 136 valence electrons. The Hall–Kier alpha value is -1.00. The summed E-state index contributed by atoms with van der Waals surface area (Å²) in [6.45, 7) is 5.36. The first kappa shape index (κ1) is 17.8. The molecule has 1 N–H and O–H groups in total. The van der Waals surface area contributed by atoms with Gasteiger partial charge in [-0.1, -0.05) is 0 Å². The molecule has 2 saturated heterocycles. The summed E-state index contributed by atoms with van der Waals surface area (Å²) in [5.74, 6) is 0. The van der Waals surface area contributed by atoms with Crippen LogP contribution in [0.1, 0.15) is 18.5 Å². The Bertz CT molecular complexity index is 669. The third-order valence-electron chi connectivity index (χ3n) is 4.89. The second-order valence-electron chi connectivity index (χ2n) is 6.52. The first-order valence-corrected chi connectivity index (χ1v) is 9.84. The van der Waals surface area contributed by atoms with Crippen molar-refractivity contribution >= 4 is 10.0 Å². The molecule has 2 atom stereocenters. The van der Waals surface area contributed by atoms with Crippen LogP contribution in [0.3, 0.4) is 0 Å². The maximum Gasteiger partial charge on any atom is 0.246 e. The van der Waals surface area contributed by atoms with Crippen LogP contribution in [-0.2, 0) is 21.8 Å². The van der Waals surface area contributed by atoms with Gasteiger partial charge in [0.05, 0.1) is 25.0 Å². The minimum Gasteiger partial charge on any atom is -0.391 e. The van der Waals surface area contributed by atoms with E-state index in [9.17, 15) is 13.5 Å². The van der Waals surface area contributed by atoms with Crippen LogP contribution in [-0.4, -0.2) is 84.0 Å². The van der Waals surface area contributed by atoms with Crippen LogP contribution in [0.4, 0.5) is 0 Å². The van der Waals surface area contributed by atoms with Crippen molar-refractivity contribution < 1.29 is 18.3 Å². The van der Waals surface area contributed by atoms with Gasteiger partial charge in [0.15, 0.2) is 0 Å². The van der Waals surface area contributed by atoms with E-state index >= 15 is 0 Å². The predicted octanol–water partition coefficient (Wildman–Crippen LogP) is -0.425. The van der Waals surface area contributed by atoms with Crippen molar-refractivity contribution in [1.82, 2.24) is 19.0 Å². The standard InChI is InChI=1S/C15H26N4O4S/c1-12-15(11-17(2)16-12)24(21,22)19-5-3-13(14(20)4-6-19)18-7-9-23-10-8-18/h11,13-14,20H,3-10H2,1-2H3/t13-,14-/m0/s1. The summed E-state index contributed by atoms with van der Waals surface area (Å²) in [6, 6.07) is -0.0101. The number of aryl methyl sites for hydroxylation is 2. The van der Waals surface area contributed by atoms with E-state index in [1.165, 1.54) is 8.99 Å². The van der Waals surface area contributed by atoms with Crippen LogP contribution >= 0.6 is 0 Å².